The second kappa shape index (κ2) is 4.33. The number of hydrogen-bond donors (Lipinski definition) is 2. The van der Waals surface area contributed by atoms with Gasteiger partial charge in [-0.25, -0.2) is 4.98 Å². The van der Waals surface area contributed by atoms with Gasteiger partial charge in [0.25, 0.3) is 0 Å². The van der Waals surface area contributed by atoms with Crippen LogP contribution in [0.15, 0.2) is 12.5 Å². The number of aromatic nitrogens is 2. The van der Waals surface area contributed by atoms with Crippen molar-refractivity contribution in [1.29, 1.82) is 0 Å². The van der Waals surface area contributed by atoms with Crippen LogP contribution in [0.5, 0.6) is 0 Å². The summed E-state index contributed by atoms with van der Waals surface area (Å²) in [5, 5.41) is 9.00. The summed E-state index contributed by atoms with van der Waals surface area (Å²) in [6.45, 7) is -0.0223. The minimum Gasteiger partial charge on any atom is -0.394 e. The highest BCUT2D eigenvalue weighted by Crippen LogP contribution is 2.29. The molecule has 2 rings (SSSR count). The van der Waals surface area contributed by atoms with Crippen LogP contribution in [0.1, 0.15) is 24.2 Å². The van der Waals surface area contributed by atoms with E-state index in [2.05, 4.69) is 9.55 Å². The number of aliphatic hydroxyl groups is 1. The Morgan fingerprint density at radius 2 is 2.64 bits per heavy atom. The fourth-order valence-electron chi connectivity index (χ4n) is 1.74. The molecule has 0 spiro atoms. The summed E-state index contributed by atoms with van der Waals surface area (Å²) in [7, 11) is 0. The van der Waals surface area contributed by atoms with E-state index in [1.165, 1.54) is 12.2 Å². The zero-order chi connectivity index (χ0) is 9.97. The Morgan fingerprint density at radius 1 is 1.79 bits per heavy atom. The van der Waals surface area contributed by atoms with Gasteiger partial charge in [0.15, 0.2) is 0 Å². The molecule has 0 radical (unpaired) electrons. The van der Waals surface area contributed by atoms with Crippen LogP contribution in [-0.2, 0) is 0 Å². The van der Waals surface area contributed by atoms with Gasteiger partial charge in [0.1, 0.15) is 0 Å². The van der Waals surface area contributed by atoms with Gasteiger partial charge in [-0.3, -0.25) is 0 Å². The third-order valence-corrected chi connectivity index (χ3v) is 3.72. The van der Waals surface area contributed by atoms with Gasteiger partial charge in [-0.05, 0) is 12.2 Å². The molecule has 14 heavy (non-hydrogen) atoms. The Bertz CT molecular complexity index is 296. The average molecular weight is 213 g/mol. The molecule has 1 aromatic rings. The standard InChI is InChI=1S/C9H15N3OS/c10-8(4-13)9-3-11-6-12(9)7-1-2-14-5-7/h3,6-8,13H,1-2,4-5,10H2. The average Bonchev–Trinajstić information content (AvgIpc) is 2.85. The molecular weight excluding hydrogens is 198 g/mol. The molecule has 0 bridgehead atoms. The van der Waals surface area contributed by atoms with Crippen LogP contribution in [0, 0.1) is 0 Å². The lowest BCUT2D eigenvalue weighted by atomic mass is 10.2. The smallest absolute Gasteiger partial charge is 0.0951 e. The monoisotopic (exact) mass is 213 g/mol. The van der Waals surface area contributed by atoms with Crippen LogP contribution < -0.4 is 5.73 Å². The highest BCUT2D eigenvalue weighted by Gasteiger charge is 2.21. The van der Waals surface area contributed by atoms with Crippen molar-refractivity contribution in [3.63, 3.8) is 0 Å². The summed E-state index contributed by atoms with van der Waals surface area (Å²) >= 11 is 1.96. The Hall–Kier alpha value is -0.520. The van der Waals surface area contributed by atoms with Crippen LogP contribution in [0.2, 0.25) is 0 Å². The van der Waals surface area contributed by atoms with Crippen LogP contribution >= 0.6 is 11.8 Å². The van der Waals surface area contributed by atoms with E-state index in [1.807, 2.05) is 18.1 Å². The number of thioether (sulfide) groups is 1. The van der Waals surface area contributed by atoms with Gasteiger partial charge in [-0.2, -0.15) is 11.8 Å². The van der Waals surface area contributed by atoms with Crippen molar-refractivity contribution in [2.45, 2.75) is 18.5 Å². The molecule has 5 heteroatoms. The summed E-state index contributed by atoms with van der Waals surface area (Å²) in [4.78, 5) is 4.10. The minimum absolute atomic E-state index is 0.0223. The van der Waals surface area contributed by atoms with Gasteiger partial charge >= 0.3 is 0 Å². The normalized spacial score (nSPS) is 24.0. The topological polar surface area (TPSA) is 64.1 Å². The number of hydrogen-bond acceptors (Lipinski definition) is 4. The van der Waals surface area contributed by atoms with E-state index in [9.17, 15) is 0 Å². The maximum Gasteiger partial charge on any atom is 0.0951 e. The Labute approximate surface area is 87.5 Å². The largest absolute Gasteiger partial charge is 0.394 e. The summed E-state index contributed by atoms with van der Waals surface area (Å²) in [5.41, 5.74) is 6.73. The predicted octanol–water partition coefficient (Wildman–Crippen LogP) is 0.553. The van der Waals surface area contributed by atoms with Crippen molar-refractivity contribution in [3.05, 3.63) is 18.2 Å². The molecule has 1 saturated heterocycles. The fourth-order valence-corrected chi connectivity index (χ4v) is 2.95. The predicted molar refractivity (Wildman–Crippen MR) is 57.2 cm³/mol. The maximum atomic E-state index is 9.00. The molecule has 2 atom stereocenters. The molecule has 1 aromatic heterocycles. The van der Waals surface area contributed by atoms with E-state index in [-0.39, 0.29) is 12.6 Å². The van der Waals surface area contributed by atoms with E-state index >= 15 is 0 Å². The van der Waals surface area contributed by atoms with E-state index in [0.29, 0.717) is 6.04 Å². The van der Waals surface area contributed by atoms with E-state index < -0.39 is 0 Å². The van der Waals surface area contributed by atoms with Crippen LogP contribution in [0.25, 0.3) is 0 Å². The lowest BCUT2D eigenvalue weighted by molar-refractivity contribution is 0.261. The Morgan fingerprint density at radius 3 is 3.29 bits per heavy atom. The van der Waals surface area contributed by atoms with E-state index in [0.717, 1.165) is 11.4 Å². The fraction of sp³-hybridized carbons (Fsp3) is 0.667. The molecule has 4 nitrogen and oxygen atoms in total. The second-order valence-corrected chi connectivity index (χ2v) is 4.68. The molecule has 0 aliphatic carbocycles. The summed E-state index contributed by atoms with van der Waals surface area (Å²) in [5.74, 6) is 2.33. The summed E-state index contributed by atoms with van der Waals surface area (Å²) in [6, 6.07) is 0.207. The first-order valence-corrected chi connectivity index (χ1v) is 5.94. The lowest BCUT2D eigenvalue weighted by Gasteiger charge is -2.17. The molecule has 2 heterocycles. The van der Waals surface area contributed by atoms with E-state index in [1.54, 1.807) is 6.20 Å². The van der Waals surface area contributed by atoms with Gasteiger partial charge in [0.2, 0.25) is 0 Å². The molecular formula is C9H15N3OS. The zero-order valence-corrected chi connectivity index (χ0v) is 8.78. The quantitative estimate of drug-likeness (QED) is 0.770. The van der Waals surface area contributed by atoms with Gasteiger partial charge in [0.05, 0.1) is 24.7 Å². The number of aliphatic hydroxyl groups excluding tert-OH is 1. The molecule has 0 aromatic carbocycles. The third kappa shape index (κ3) is 1.80. The molecule has 0 amide bonds. The van der Waals surface area contributed by atoms with Crippen molar-refractivity contribution in [2.24, 2.45) is 5.73 Å². The van der Waals surface area contributed by atoms with Crippen LogP contribution in [0.3, 0.4) is 0 Å². The Kier molecular flexibility index (Phi) is 3.10. The number of nitrogens with zero attached hydrogens (tertiary/aromatic N) is 2. The first-order valence-electron chi connectivity index (χ1n) is 4.79. The lowest BCUT2D eigenvalue weighted by Crippen LogP contribution is -2.21. The maximum absolute atomic E-state index is 9.00. The SMILES string of the molecule is NC(CO)c1cncn1C1CCSC1. The first-order chi connectivity index (χ1) is 6.83. The molecule has 78 valence electrons. The Balaban J connectivity index is 2.19. The van der Waals surface area contributed by atoms with Crippen molar-refractivity contribution in [1.82, 2.24) is 9.55 Å². The van der Waals surface area contributed by atoms with Crippen LogP contribution in [-0.4, -0.2) is 32.8 Å². The van der Waals surface area contributed by atoms with Crippen LogP contribution in [0.4, 0.5) is 0 Å². The number of imidazole rings is 1. The van der Waals surface area contributed by atoms with Gasteiger partial charge in [-0.1, -0.05) is 0 Å². The number of rotatable bonds is 3. The molecule has 2 unspecified atom stereocenters. The first kappa shape index (κ1) is 10.0. The summed E-state index contributed by atoms with van der Waals surface area (Å²) in [6.07, 6.45) is 4.75. The van der Waals surface area contributed by atoms with Gasteiger partial charge in [-0.15, -0.1) is 0 Å². The third-order valence-electron chi connectivity index (χ3n) is 2.57. The summed E-state index contributed by atoms with van der Waals surface area (Å²) < 4.78 is 2.11. The van der Waals surface area contributed by atoms with Gasteiger partial charge < -0.3 is 15.4 Å². The molecule has 0 saturated carbocycles. The highest BCUT2D eigenvalue weighted by molar-refractivity contribution is 7.99. The van der Waals surface area contributed by atoms with Crippen molar-refractivity contribution >= 4 is 11.8 Å². The highest BCUT2D eigenvalue weighted by atomic mass is 32.2. The minimum atomic E-state index is -0.303. The molecule has 1 aliphatic rings. The van der Waals surface area contributed by atoms with E-state index in [4.69, 9.17) is 10.8 Å². The second-order valence-electron chi connectivity index (χ2n) is 3.53. The molecule has 3 N–H and O–H groups in total. The van der Waals surface area contributed by atoms with Crippen molar-refractivity contribution in [2.75, 3.05) is 18.1 Å². The molecule has 1 aliphatic heterocycles. The van der Waals surface area contributed by atoms with Crippen molar-refractivity contribution in [3.8, 4) is 0 Å². The number of nitrogens with two attached hydrogens (primary N) is 1. The van der Waals surface area contributed by atoms with Crippen molar-refractivity contribution < 1.29 is 5.11 Å². The molecule has 1 fully saturated rings. The van der Waals surface area contributed by atoms with Gasteiger partial charge in [0, 0.05) is 18.0 Å². The zero-order valence-electron chi connectivity index (χ0n) is 7.97.